The van der Waals surface area contributed by atoms with Gasteiger partial charge in [0.2, 0.25) is 0 Å². The maximum atomic E-state index is 11.8. The summed E-state index contributed by atoms with van der Waals surface area (Å²) in [5, 5.41) is 9.37. The van der Waals surface area contributed by atoms with Gasteiger partial charge in [0.1, 0.15) is 17.1 Å². The number of phenols is 1. The van der Waals surface area contributed by atoms with Crippen molar-refractivity contribution in [2.75, 3.05) is 6.61 Å². The van der Waals surface area contributed by atoms with Gasteiger partial charge in [-0.2, -0.15) is 0 Å². The fourth-order valence-corrected chi connectivity index (χ4v) is 2.17. The summed E-state index contributed by atoms with van der Waals surface area (Å²) in [5.41, 5.74) is 0.577. The Morgan fingerprint density at radius 1 is 1.47 bits per heavy atom. The van der Waals surface area contributed by atoms with Gasteiger partial charge in [0.15, 0.2) is 0 Å². The van der Waals surface area contributed by atoms with Crippen LogP contribution in [0.4, 0.5) is 0 Å². The summed E-state index contributed by atoms with van der Waals surface area (Å²) in [7, 11) is 0. The molecule has 1 aliphatic heterocycles. The first-order chi connectivity index (χ1) is 8.83. The van der Waals surface area contributed by atoms with E-state index < -0.39 is 5.60 Å². The topological polar surface area (TPSA) is 55.8 Å². The Morgan fingerprint density at radius 2 is 2.21 bits per heavy atom. The van der Waals surface area contributed by atoms with Crippen LogP contribution in [0, 0.1) is 5.92 Å². The highest BCUT2D eigenvalue weighted by Gasteiger charge is 2.25. The van der Waals surface area contributed by atoms with Crippen molar-refractivity contribution in [2.24, 2.45) is 5.92 Å². The third kappa shape index (κ3) is 3.88. The van der Waals surface area contributed by atoms with Gasteiger partial charge in [-0.1, -0.05) is 6.07 Å². The van der Waals surface area contributed by atoms with Gasteiger partial charge in [-0.25, -0.2) is 0 Å². The Morgan fingerprint density at radius 3 is 2.89 bits per heavy atom. The first-order valence-electron chi connectivity index (χ1n) is 6.50. The molecule has 2 rings (SSSR count). The van der Waals surface area contributed by atoms with Crippen molar-refractivity contribution in [3.05, 3.63) is 23.8 Å². The fourth-order valence-electron chi connectivity index (χ4n) is 2.17. The third-order valence-corrected chi connectivity index (χ3v) is 2.91. The van der Waals surface area contributed by atoms with E-state index in [1.54, 1.807) is 12.1 Å². The molecule has 0 fully saturated rings. The summed E-state index contributed by atoms with van der Waals surface area (Å²) >= 11 is 0. The average molecular weight is 264 g/mol. The van der Waals surface area contributed by atoms with Gasteiger partial charge in [-0.05, 0) is 38.8 Å². The van der Waals surface area contributed by atoms with Crippen molar-refractivity contribution >= 4 is 5.97 Å². The number of fused-ring (bicyclic) bond motifs is 1. The molecule has 0 aromatic heterocycles. The molecule has 1 aromatic carbocycles. The molecule has 0 bridgehead atoms. The second-order valence-electron chi connectivity index (χ2n) is 5.96. The van der Waals surface area contributed by atoms with Crippen LogP contribution in [0.5, 0.6) is 11.5 Å². The maximum Gasteiger partial charge on any atom is 0.306 e. The summed E-state index contributed by atoms with van der Waals surface area (Å²) in [6.45, 7) is 6.07. The zero-order valence-corrected chi connectivity index (χ0v) is 11.6. The summed E-state index contributed by atoms with van der Waals surface area (Å²) < 4.78 is 10.9. The molecule has 1 heterocycles. The summed E-state index contributed by atoms with van der Waals surface area (Å²) in [6, 6.07) is 5.09. The van der Waals surface area contributed by atoms with E-state index in [4.69, 9.17) is 9.47 Å². The number of hydrogen-bond acceptors (Lipinski definition) is 4. The van der Waals surface area contributed by atoms with Crippen molar-refractivity contribution in [3.63, 3.8) is 0 Å². The lowest BCUT2D eigenvalue weighted by atomic mass is 9.94. The van der Waals surface area contributed by atoms with Gasteiger partial charge in [0.05, 0.1) is 13.0 Å². The Bertz CT molecular complexity index is 474. The van der Waals surface area contributed by atoms with E-state index in [0.29, 0.717) is 18.8 Å². The minimum atomic E-state index is -0.448. The molecule has 0 saturated carbocycles. The Hall–Kier alpha value is -1.71. The Labute approximate surface area is 113 Å². The number of carbonyl (C=O) groups excluding carboxylic acids is 1. The maximum absolute atomic E-state index is 11.8. The summed E-state index contributed by atoms with van der Waals surface area (Å²) in [5.74, 6) is 0.847. The number of aromatic hydroxyl groups is 1. The van der Waals surface area contributed by atoms with Crippen LogP contribution in [-0.4, -0.2) is 23.3 Å². The smallest absolute Gasteiger partial charge is 0.306 e. The second kappa shape index (κ2) is 5.11. The number of carbonyl (C=O) groups is 1. The molecule has 0 unspecified atom stereocenters. The lowest BCUT2D eigenvalue weighted by molar-refractivity contribution is -0.156. The zero-order chi connectivity index (χ0) is 14.0. The van der Waals surface area contributed by atoms with E-state index in [9.17, 15) is 9.90 Å². The largest absolute Gasteiger partial charge is 0.508 e. The van der Waals surface area contributed by atoms with Gasteiger partial charge >= 0.3 is 5.97 Å². The molecule has 0 saturated heterocycles. The predicted octanol–water partition coefficient (Wildman–Crippen LogP) is 2.68. The number of ether oxygens (including phenoxy) is 2. The number of phenolic OH excluding ortho intramolecular Hbond substituents is 1. The second-order valence-corrected chi connectivity index (χ2v) is 5.96. The number of benzene rings is 1. The number of rotatable bonds is 2. The summed E-state index contributed by atoms with van der Waals surface area (Å²) in [4.78, 5) is 11.8. The zero-order valence-electron chi connectivity index (χ0n) is 11.6. The van der Waals surface area contributed by atoms with E-state index in [0.717, 1.165) is 12.0 Å². The monoisotopic (exact) mass is 264 g/mol. The molecular formula is C15H20O4. The highest BCUT2D eigenvalue weighted by Crippen LogP contribution is 2.31. The van der Waals surface area contributed by atoms with E-state index >= 15 is 0 Å². The van der Waals surface area contributed by atoms with Crippen LogP contribution in [0.3, 0.4) is 0 Å². The highest BCUT2D eigenvalue weighted by molar-refractivity contribution is 5.70. The van der Waals surface area contributed by atoms with E-state index in [1.165, 1.54) is 0 Å². The minimum Gasteiger partial charge on any atom is -0.508 e. The third-order valence-electron chi connectivity index (χ3n) is 2.91. The van der Waals surface area contributed by atoms with Crippen molar-refractivity contribution in [1.29, 1.82) is 0 Å². The van der Waals surface area contributed by atoms with Crippen molar-refractivity contribution < 1.29 is 19.4 Å². The normalized spacial score (nSPS) is 18.4. The van der Waals surface area contributed by atoms with Crippen LogP contribution < -0.4 is 4.74 Å². The molecule has 19 heavy (non-hydrogen) atoms. The first kappa shape index (κ1) is 13.7. The van der Waals surface area contributed by atoms with Gasteiger partial charge in [-0.3, -0.25) is 4.79 Å². The first-order valence-corrected chi connectivity index (χ1v) is 6.50. The molecular weight excluding hydrogens is 244 g/mol. The van der Waals surface area contributed by atoms with Crippen molar-refractivity contribution in [1.82, 2.24) is 0 Å². The van der Waals surface area contributed by atoms with Crippen LogP contribution in [-0.2, 0) is 16.0 Å². The van der Waals surface area contributed by atoms with Crippen LogP contribution >= 0.6 is 0 Å². The molecule has 0 radical (unpaired) electrons. The van der Waals surface area contributed by atoms with E-state index in [2.05, 4.69) is 0 Å². The van der Waals surface area contributed by atoms with E-state index in [1.807, 2.05) is 26.8 Å². The summed E-state index contributed by atoms with van der Waals surface area (Å²) in [6.07, 6.45) is 1.13. The van der Waals surface area contributed by atoms with Crippen LogP contribution in [0.1, 0.15) is 32.8 Å². The van der Waals surface area contributed by atoms with Crippen molar-refractivity contribution in [3.8, 4) is 11.5 Å². The standard InChI is InChI=1S/C15H20O4/c1-15(2,3)19-14(17)7-10-6-11-4-5-12(16)8-13(11)18-9-10/h4-5,8,10,16H,6-7,9H2,1-3H3/t10-/m1/s1. The molecule has 0 aliphatic carbocycles. The van der Waals surface area contributed by atoms with Crippen LogP contribution in [0.2, 0.25) is 0 Å². The minimum absolute atomic E-state index is 0.131. The number of esters is 1. The molecule has 1 atom stereocenters. The van der Waals surface area contributed by atoms with Gasteiger partial charge in [0.25, 0.3) is 0 Å². The van der Waals surface area contributed by atoms with Crippen LogP contribution in [0.15, 0.2) is 18.2 Å². The average Bonchev–Trinajstić information content (AvgIpc) is 2.26. The van der Waals surface area contributed by atoms with Gasteiger partial charge in [0, 0.05) is 12.0 Å². The Kier molecular flexibility index (Phi) is 3.69. The molecule has 1 N–H and O–H groups in total. The molecule has 1 aliphatic rings. The highest BCUT2D eigenvalue weighted by atomic mass is 16.6. The lowest BCUT2D eigenvalue weighted by Crippen LogP contribution is -2.29. The van der Waals surface area contributed by atoms with Crippen LogP contribution in [0.25, 0.3) is 0 Å². The fraction of sp³-hybridized carbons (Fsp3) is 0.533. The molecule has 0 spiro atoms. The quantitative estimate of drug-likeness (QED) is 0.834. The van der Waals surface area contributed by atoms with Crippen molar-refractivity contribution in [2.45, 2.75) is 39.2 Å². The number of hydrogen-bond donors (Lipinski definition) is 1. The molecule has 0 amide bonds. The van der Waals surface area contributed by atoms with Gasteiger partial charge in [-0.15, -0.1) is 0 Å². The lowest BCUT2D eigenvalue weighted by Gasteiger charge is -2.26. The van der Waals surface area contributed by atoms with Gasteiger partial charge < -0.3 is 14.6 Å². The van der Waals surface area contributed by atoms with E-state index in [-0.39, 0.29) is 17.6 Å². The molecule has 104 valence electrons. The Balaban J connectivity index is 1.95. The SMILES string of the molecule is CC(C)(C)OC(=O)C[C@@H]1COc2cc(O)ccc2C1. The molecule has 1 aromatic rings. The molecule has 4 nitrogen and oxygen atoms in total. The molecule has 4 heteroatoms. The predicted molar refractivity (Wildman–Crippen MR) is 71.3 cm³/mol.